The number of hydrogen-bond acceptors (Lipinski definition) is 6. The van der Waals surface area contributed by atoms with Crippen LogP contribution in [0.3, 0.4) is 0 Å². The zero-order chi connectivity index (χ0) is 20.7. The summed E-state index contributed by atoms with van der Waals surface area (Å²) in [6, 6.07) is 0.285. The van der Waals surface area contributed by atoms with Gasteiger partial charge in [-0.05, 0) is 65.7 Å². The summed E-state index contributed by atoms with van der Waals surface area (Å²) < 4.78 is 9.24. The third-order valence-electron chi connectivity index (χ3n) is 5.57. The predicted molar refractivity (Wildman–Crippen MR) is 109 cm³/mol. The average molecular weight is 450 g/mol. The lowest BCUT2D eigenvalue weighted by atomic mass is 9.82. The molecule has 2 atom stereocenters. The number of methoxy groups -OCH3 is 1. The predicted octanol–water partition coefficient (Wildman–Crippen LogP) is 3.33. The molecule has 1 fully saturated rings. The van der Waals surface area contributed by atoms with E-state index in [-0.39, 0.29) is 18.6 Å². The van der Waals surface area contributed by atoms with Crippen LogP contribution in [0.2, 0.25) is 0 Å². The second-order valence-corrected chi connectivity index (χ2v) is 9.97. The van der Waals surface area contributed by atoms with Crippen LogP contribution in [0, 0.1) is 5.92 Å². The van der Waals surface area contributed by atoms with Crippen LogP contribution >= 0.6 is 15.9 Å². The molecule has 7 heteroatoms. The molecule has 0 aromatic rings. The lowest BCUT2D eigenvalue weighted by molar-refractivity contribution is -0.161. The van der Waals surface area contributed by atoms with Gasteiger partial charge in [-0.1, -0.05) is 28.8 Å². The first kappa shape index (κ1) is 24.4. The minimum Gasteiger partial charge on any atom is -0.468 e. The van der Waals surface area contributed by atoms with Crippen molar-refractivity contribution in [2.24, 2.45) is 5.92 Å². The van der Waals surface area contributed by atoms with E-state index < -0.39 is 21.9 Å². The van der Waals surface area contributed by atoms with Gasteiger partial charge in [0, 0.05) is 12.6 Å². The van der Waals surface area contributed by atoms with Crippen molar-refractivity contribution in [2.45, 2.75) is 94.6 Å². The summed E-state index contributed by atoms with van der Waals surface area (Å²) in [7, 11) is 1.31. The number of unbranched alkanes of at least 4 members (excludes halogenated alkanes) is 1. The third kappa shape index (κ3) is 7.35. The molecule has 1 rings (SSSR count). The molecule has 0 saturated heterocycles. The van der Waals surface area contributed by atoms with Crippen LogP contribution in [0.1, 0.15) is 72.6 Å². The fraction of sp³-hybridized carbons (Fsp3) is 0.900. The van der Waals surface area contributed by atoms with Gasteiger partial charge in [-0.15, -0.1) is 0 Å². The molecule has 0 spiro atoms. The van der Waals surface area contributed by atoms with Crippen LogP contribution in [0.5, 0.6) is 0 Å². The Morgan fingerprint density at radius 1 is 1.15 bits per heavy atom. The molecule has 0 aromatic carbocycles. The molecule has 2 N–H and O–H groups in total. The SMILES string of the molecule is COC(=O)C(C)(Br)C(C)OC(=O)C(C)(C)NC1CCC(CCCCO)CC1. The molecule has 0 radical (unpaired) electrons. The molecular weight excluding hydrogens is 414 g/mol. The summed E-state index contributed by atoms with van der Waals surface area (Å²) >= 11 is 3.31. The maximum absolute atomic E-state index is 12.7. The summed E-state index contributed by atoms with van der Waals surface area (Å²) in [5, 5.41) is 12.3. The van der Waals surface area contributed by atoms with E-state index in [9.17, 15) is 9.59 Å². The van der Waals surface area contributed by atoms with Gasteiger partial charge in [0.25, 0.3) is 0 Å². The molecule has 0 amide bonds. The lowest BCUT2D eigenvalue weighted by Crippen LogP contribution is -2.55. The first-order chi connectivity index (χ1) is 12.5. The van der Waals surface area contributed by atoms with Gasteiger partial charge in [-0.2, -0.15) is 0 Å². The number of hydrogen-bond donors (Lipinski definition) is 2. The fourth-order valence-electron chi connectivity index (χ4n) is 3.49. The summed E-state index contributed by atoms with van der Waals surface area (Å²) in [4.78, 5) is 24.5. The van der Waals surface area contributed by atoms with E-state index in [1.54, 1.807) is 13.8 Å². The summed E-state index contributed by atoms with van der Waals surface area (Å²) in [5.41, 5.74) is -0.831. The largest absolute Gasteiger partial charge is 0.468 e. The fourth-order valence-corrected chi connectivity index (χ4v) is 3.75. The van der Waals surface area contributed by atoms with E-state index in [2.05, 4.69) is 21.2 Å². The number of rotatable bonds is 10. The summed E-state index contributed by atoms with van der Waals surface area (Å²) in [5.74, 6) is -0.137. The van der Waals surface area contributed by atoms with Gasteiger partial charge < -0.3 is 14.6 Å². The molecule has 6 nitrogen and oxygen atoms in total. The number of carbonyl (C=O) groups excluding carboxylic acids is 2. The highest BCUT2D eigenvalue weighted by molar-refractivity contribution is 9.10. The van der Waals surface area contributed by atoms with Gasteiger partial charge in [0.2, 0.25) is 0 Å². The number of esters is 2. The van der Waals surface area contributed by atoms with Crippen molar-refractivity contribution in [3.05, 3.63) is 0 Å². The number of aliphatic hydroxyl groups is 1. The van der Waals surface area contributed by atoms with E-state index in [1.807, 2.05) is 13.8 Å². The zero-order valence-electron chi connectivity index (χ0n) is 17.3. The van der Waals surface area contributed by atoms with Crippen LogP contribution < -0.4 is 5.32 Å². The van der Waals surface area contributed by atoms with Gasteiger partial charge in [-0.3, -0.25) is 14.9 Å². The van der Waals surface area contributed by atoms with Crippen LogP contribution in [0.25, 0.3) is 0 Å². The molecule has 0 heterocycles. The molecule has 27 heavy (non-hydrogen) atoms. The Balaban J connectivity index is 2.50. The van der Waals surface area contributed by atoms with Gasteiger partial charge in [-0.25, -0.2) is 0 Å². The highest BCUT2D eigenvalue weighted by atomic mass is 79.9. The van der Waals surface area contributed by atoms with Crippen molar-refractivity contribution < 1.29 is 24.2 Å². The van der Waals surface area contributed by atoms with Crippen LogP contribution in [0.4, 0.5) is 0 Å². The van der Waals surface area contributed by atoms with Crippen molar-refractivity contribution in [1.29, 1.82) is 0 Å². The van der Waals surface area contributed by atoms with Crippen molar-refractivity contribution in [3.63, 3.8) is 0 Å². The number of aliphatic hydroxyl groups excluding tert-OH is 1. The Kier molecular flexibility index (Phi) is 9.72. The van der Waals surface area contributed by atoms with Crippen LogP contribution in [0.15, 0.2) is 0 Å². The van der Waals surface area contributed by atoms with Crippen molar-refractivity contribution in [3.8, 4) is 0 Å². The third-order valence-corrected chi connectivity index (χ3v) is 6.54. The van der Waals surface area contributed by atoms with Crippen LogP contribution in [-0.4, -0.2) is 52.8 Å². The first-order valence-corrected chi connectivity index (χ1v) is 10.7. The minimum absolute atomic E-state index is 0.273. The summed E-state index contributed by atoms with van der Waals surface area (Å²) in [6.07, 6.45) is 6.84. The van der Waals surface area contributed by atoms with E-state index in [4.69, 9.17) is 14.6 Å². The second kappa shape index (κ2) is 10.8. The lowest BCUT2D eigenvalue weighted by Gasteiger charge is -2.36. The Bertz CT molecular complexity index is 487. The van der Waals surface area contributed by atoms with E-state index >= 15 is 0 Å². The molecule has 1 aliphatic carbocycles. The molecule has 0 aliphatic heterocycles. The number of nitrogens with one attached hydrogen (secondary N) is 1. The molecular formula is C20H36BrNO5. The van der Waals surface area contributed by atoms with Crippen LogP contribution in [-0.2, 0) is 19.1 Å². The minimum atomic E-state index is -1.08. The van der Waals surface area contributed by atoms with Gasteiger partial charge >= 0.3 is 11.9 Å². The Hall–Kier alpha value is -0.660. The standard InChI is InChI=1S/C20H36BrNO5/c1-14(20(4,21)18(25)26-5)27-17(24)19(2,3)22-16-11-9-15(10-12-16)8-6-7-13-23/h14-16,22-23H,6-13H2,1-5H3. The quantitative estimate of drug-likeness (QED) is 0.302. The van der Waals surface area contributed by atoms with E-state index in [0.29, 0.717) is 0 Å². The molecule has 2 unspecified atom stereocenters. The Morgan fingerprint density at radius 2 is 1.74 bits per heavy atom. The van der Waals surface area contributed by atoms with Crippen molar-refractivity contribution in [1.82, 2.24) is 5.32 Å². The number of halogens is 1. The molecule has 0 aromatic heterocycles. The smallest absolute Gasteiger partial charge is 0.326 e. The maximum atomic E-state index is 12.7. The molecule has 1 aliphatic rings. The topological polar surface area (TPSA) is 84.9 Å². The number of alkyl halides is 1. The summed E-state index contributed by atoms with van der Waals surface area (Å²) in [6.45, 7) is 7.22. The Labute approximate surface area is 171 Å². The van der Waals surface area contributed by atoms with Crippen molar-refractivity contribution in [2.75, 3.05) is 13.7 Å². The number of ether oxygens (including phenoxy) is 2. The van der Waals surface area contributed by atoms with Crippen molar-refractivity contribution >= 4 is 27.9 Å². The van der Waals surface area contributed by atoms with Gasteiger partial charge in [0.05, 0.1) is 7.11 Å². The van der Waals surface area contributed by atoms with E-state index in [1.165, 1.54) is 13.5 Å². The normalized spacial score (nSPS) is 24.0. The first-order valence-electron chi connectivity index (χ1n) is 9.91. The van der Waals surface area contributed by atoms with E-state index in [0.717, 1.165) is 44.4 Å². The van der Waals surface area contributed by atoms with Gasteiger partial charge in [0.15, 0.2) is 4.32 Å². The molecule has 0 bridgehead atoms. The number of carbonyl (C=O) groups is 2. The van der Waals surface area contributed by atoms with Gasteiger partial charge in [0.1, 0.15) is 11.6 Å². The highest BCUT2D eigenvalue weighted by Gasteiger charge is 2.42. The molecule has 158 valence electrons. The monoisotopic (exact) mass is 449 g/mol. The maximum Gasteiger partial charge on any atom is 0.326 e. The highest BCUT2D eigenvalue weighted by Crippen LogP contribution is 2.30. The average Bonchev–Trinajstić information content (AvgIpc) is 2.62. The Morgan fingerprint density at radius 3 is 2.26 bits per heavy atom. The zero-order valence-corrected chi connectivity index (χ0v) is 18.9. The second-order valence-electron chi connectivity index (χ2n) is 8.32. The molecule has 1 saturated carbocycles.